The molecular formula is C27H22Cl2N2O5S. The lowest BCUT2D eigenvalue weighted by atomic mass is 10.1. The highest BCUT2D eigenvalue weighted by atomic mass is 35.5. The van der Waals surface area contributed by atoms with Crippen molar-refractivity contribution >= 4 is 63.8 Å². The van der Waals surface area contributed by atoms with E-state index in [-0.39, 0.29) is 11.5 Å². The first-order chi connectivity index (χ1) is 17.8. The fourth-order valence-electron chi connectivity index (χ4n) is 3.45. The minimum Gasteiger partial charge on any atom is -0.494 e. The highest BCUT2D eigenvalue weighted by Crippen LogP contribution is 2.34. The molecule has 0 radical (unpaired) electrons. The Morgan fingerprint density at radius 1 is 1.03 bits per heavy atom. The summed E-state index contributed by atoms with van der Waals surface area (Å²) in [6.07, 6.45) is 1.58. The number of hydrogen-bond donors (Lipinski definition) is 1. The molecule has 10 heteroatoms. The smallest absolute Gasteiger partial charge is 0.294 e. The summed E-state index contributed by atoms with van der Waals surface area (Å²) in [5.41, 5.74) is 1.89. The van der Waals surface area contributed by atoms with Gasteiger partial charge in [0.1, 0.15) is 24.7 Å². The molecule has 0 bridgehead atoms. The Labute approximate surface area is 228 Å². The standard InChI is InChI=1S/C27H22Cl2N2O5S/c1-2-35-21-11-9-20(10-12-21)30-25(32)15-31-26(33)24(37-27(31)34)13-17-5-3-4-6-23(17)36-16-18-7-8-19(28)14-22(18)29/h3-14H,2,15-16H2,1H3,(H,30,32)/b24-13+. The molecule has 1 aliphatic rings. The zero-order valence-corrected chi connectivity index (χ0v) is 22.0. The summed E-state index contributed by atoms with van der Waals surface area (Å²) in [5, 5.41) is 3.17. The molecule has 4 rings (SSSR count). The van der Waals surface area contributed by atoms with E-state index in [0.717, 1.165) is 22.2 Å². The largest absolute Gasteiger partial charge is 0.494 e. The van der Waals surface area contributed by atoms with Gasteiger partial charge in [0.15, 0.2) is 0 Å². The first kappa shape index (κ1) is 26.6. The maximum absolute atomic E-state index is 12.9. The number of benzene rings is 3. The fourth-order valence-corrected chi connectivity index (χ4v) is 4.74. The topological polar surface area (TPSA) is 84.9 Å². The SMILES string of the molecule is CCOc1ccc(NC(=O)CN2C(=O)S/C(=C/c3ccccc3OCc3ccc(Cl)cc3Cl)C2=O)cc1. The van der Waals surface area contributed by atoms with Crippen molar-refractivity contribution in [2.75, 3.05) is 18.5 Å². The maximum Gasteiger partial charge on any atom is 0.294 e. The number of amides is 3. The summed E-state index contributed by atoms with van der Waals surface area (Å²) < 4.78 is 11.3. The van der Waals surface area contributed by atoms with Gasteiger partial charge in [0.05, 0.1) is 11.5 Å². The Hall–Kier alpha value is -3.46. The van der Waals surface area contributed by atoms with Gasteiger partial charge in [-0.05, 0) is 67.2 Å². The number of rotatable bonds is 9. The van der Waals surface area contributed by atoms with Gasteiger partial charge in [-0.1, -0.05) is 47.5 Å². The van der Waals surface area contributed by atoms with Crippen LogP contribution in [0.4, 0.5) is 10.5 Å². The van der Waals surface area contributed by atoms with Crippen molar-refractivity contribution in [2.45, 2.75) is 13.5 Å². The summed E-state index contributed by atoms with van der Waals surface area (Å²) >= 11 is 13.0. The van der Waals surface area contributed by atoms with E-state index in [9.17, 15) is 14.4 Å². The summed E-state index contributed by atoms with van der Waals surface area (Å²) in [5.74, 6) is 0.148. The average Bonchev–Trinajstić information content (AvgIpc) is 3.13. The van der Waals surface area contributed by atoms with Gasteiger partial charge in [-0.3, -0.25) is 19.3 Å². The normalized spacial score (nSPS) is 14.2. The van der Waals surface area contributed by atoms with Gasteiger partial charge >= 0.3 is 0 Å². The molecule has 0 unspecified atom stereocenters. The lowest BCUT2D eigenvalue weighted by Gasteiger charge is -2.13. The molecule has 190 valence electrons. The van der Waals surface area contributed by atoms with E-state index in [4.69, 9.17) is 32.7 Å². The molecule has 37 heavy (non-hydrogen) atoms. The number of para-hydroxylation sites is 1. The molecule has 3 aromatic carbocycles. The van der Waals surface area contributed by atoms with E-state index in [2.05, 4.69) is 5.32 Å². The minimum absolute atomic E-state index is 0.189. The summed E-state index contributed by atoms with van der Waals surface area (Å²) in [6, 6.07) is 19.1. The third-order valence-electron chi connectivity index (χ3n) is 5.23. The number of nitrogens with zero attached hydrogens (tertiary/aromatic N) is 1. The van der Waals surface area contributed by atoms with Gasteiger partial charge < -0.3 is 14.8 Å². The number of ether oxygens (including phenoxy) is 2. The molecule has 0 atom stereocenters. The van der Waals surface area contributed by atoms with Crippen LogP contribution in [0.2, 0.25) is 10.0 Å². The van der Waals surface area contributed by atoms with Gasteiger partial charge in [-0.2, -0.15) is 0 Å². The molecule has 3 amide bonds. The lowest BCUT2D eigenvalue weighted by Crippen LogP contribution is -2.36. The number of thioether (sulfide) groups is 1. The van der Waals surface area contributed by atoms with Crippen LogP contribution in [0.25, 0.3) is 6.08 Å². The van der Waals surface area contributed by atoms with Gasteiger partial charge in [-0.25, -0.2) is 0 Å². The number of anilines is 1. The molecular weight excluding hydrogens is 535 g/mol. The fraction of sp³-hybridized carbons (Fsp3) is 0.148. The number of nitrogens with one attached hydrogen (secondary N) is 1. The van der Waals surface area contributed by atoms with Crippen LogP contribution in [-0.2, 0) is 16.2 Å². The van der Waals surface area contributed by atoms with E-state index >= 15 is 0 Å². The Morgan fingerprint density at radius 2 is 1.78 bits per heavy atom. The predicted molar refractivity (Wildman–Crippen MR) is 146 cm³/mol. The van der Waals surface area contributed by atoms with E-state index < -0.39 is 23.6 Å². The van der Waals surface area contributed by atoms with E-state index in [0.29, 0.717) is 39.4 Å². The molecule has 1 aliphatic heterocycles. The Morgan fingerprint density at radius 3 is 2.51 bits per heavy atom. The lowest BCUT2D eigenvalue weighted by molar-refractivity contribution is -0.127. The van der Waals surface area contributed by atoms with Gasteiger partial charge in [0.2, 0.25) is 5.91 Å². The Balaban J connectivity index is 1.42. The molecule has 0 saturated carbocycles. The average molecular weight is 557 g/mol. The molecule has 0 aliphatic carbocycles. The molecule has 0 aromatic heterocycles. The van der Waals surface area contributed by atoms with Gasteiger partial charge in [0, 0.05) is 26.9 Å². The van der Waals surface area contributed by atoms with Crippen LogP contribution >= 0.6 is 35.0 Å². The van der Waals surface area contributed by atoms with Gasteiger partial charge in [-0.15, -0.1) is 0 Å². The van der Waals surface area contributed by atoms with Crippen molar-refractivity contribution in [1.82, 2.24) is 4.90 Å². The highest BCUT2D eigenvalue weighted by Gasteiger charge is 2.36. The zero-order valence-electron chi connectivity index (χ0n) is 19.7. The van der Waals surface area contributed by atoms with E-state index in [1.54, 1.807) is 72.8 Å². The van der Waals surface area contributed by atoms with Crippen LogP contribution in [-0.4, -0.2) is 35.1 Å². The third kappa shape index (κ3) is 6.85. The van der Waals surface area contributed by atoms with Crippen LogP contribution in [0.1, 0.15) is 18.1 Å². The number of carbonyl (C=O) groups excluding carboxylic acids is 3. The molecule has 3 aromatic rings. The maximum atomic E-state index is 12.9. The number of halogens is 2. The van der Waals surface area contributed by atoms with E-state index in [1.165, 1.54) is 0 Å². The van der Waals surface area contributed by atoms with Crippen molar-refractivity contribution in [3.8, 4) is 11.5 Å². The van der Waals surface area contributed by atoms with Gasteiger partial charge in [0.25, 0.3) is 11.1 Å². The van der Waals surface area contributed by atoms with Crippen LogP contribution in [0.3, 0.4) is 0 Å². The van der Waals surface area contributed by atoms with Crippen LogP contribution in [0.15, 0.2) is 71.6 Å². The van der Waals surface area contributed by atoms with Crippen LogP contribution < -0.4 is 14.8 Å². The molecule has 7 nitrogen and oxygen atoms in total. The van der Waals surface area contributed by atoms with Crippen LogP contribution in [0, 0.1) is 0 Å². The second kappa shape index (κ2) is 12.2. The molecule has 1 fully saturated rings. The Bertz CT molecular complexity index is 1360. The third-order valence-corrected chi connectivity index (χ3v) is 6.72. The van der Waals surface area contributed by atoms with Crippen molar-refractivity contribution < 1.29 is 23.9 Å². The molecule has 1 heterocycles. The minimum atomic E-state index is -0.549. The van der Waals surface area contributed by atoms with Crippen molar-refractivity contribution in [3.63, 3.8) is 0 Å². The van der Waals surface area contributed by atoms with Crippen molar-refractivity contribution in [1.29, 1.82) is 0 Å². The molecule has 1 N–H and O–H groups in total. The first-order valence-electron chi connectivity index (χ1n) is 11.3. The Kier molecular flexibility index (Phi) is 8.76. The number of imide groups is 1. The summed E-state index contributed by atoms with van der Waals surface area (Å²) in [6.45, 7) is 2.20. The highest BCUT2D eigenvalue weighted by molar-refractivity contribution is 8.18. The summed E-state index contributed by atoms with van der Waals surface area (Å²) in [7, 11) is 0. The predicted octanol–water partition coefficient (Wildman–Crippen LogP) is 6.65. The number of carbonyl (C=O) groups is 3. The van der Waals surface area contributed by atoms with E-state index in [1.807, 2.05) is 6.92 Å². The molecule has 1 saturated heterocycles. The monoisotopic (exact) mass is 556 g/mol. The van der Waals surface area contributed by atoms with Crippen molar-refractivity contribution in [3.05, 3.63) is 92.8 Å². The first-order valence-corrected chi connectivity index (χ1v) is 12.8. The van der Waals surface area contributed by atoms with Crippen LogP contribution in [0.5, 0.6) is 11.5 Å². The second-order valence-corrected chi connectivity index (χ2v) is 9.67. The zero-order chi connectivity index (χ0) is 26.4. The quantitative estimate of drug-likeness (QED) is 0.297. The van der Waals surface area contributed by atoms with Crippen molar-refractivity contribution in [2.24, 2.45) is 0 Å². The second-order valence-electron chi connectivity index (χ2n) is 7.84. The summed E-state index contributed by atoms with van der Waals surface area (Å²) in [4.78, 5) is 39.1. The molecule has 0 spiro atoms. The number of hydrogen-bond acceptors (Lipinski definition) is 6.